The quantitative estimate of drug-likeness (QED) is 0.821. The first kappa shape index (κ1) is 12.8. The van der Waals surface area contributed by atoms with Gasteiger partial charge in [0.15, 0.2) is 0 Å². The van der Waals surface area contributed by atoms with Gasteiger partial charge in [0.25, 0.3) is 0 Å². The molecule has 0 aliphatic heterocycles. The molecule has 0 radical (unpaired) electrons. The first-order chi connectivity index (χ1) is 7.50. The molecule has 16 heavy (non-hydrogen) atoms. The lowest BCUT2D eigenvalue weighted by Gasteiger charge is -2.18. The monoisotopic (exact) mass is 221 g/mol. The van der Waals surface area contributed by atoms with E-state index < -0.39 is 0 Å². The summed E-state index contributed by atoms with van der Waals surface area (Å²) in [7, 11) is 8.32. The van der Waals surface area contributed by atoms with Crippen LogP contribution in [-0.2, 0) is 0 Å². The summed E-state index contributed by atoms with van der Waals surface area (Å²) in [5.74, 6) is 0. The van der Waals surface area contributed by atoms with Crippen LogP contribution in [0.1, 0.15) is 5.56 Å². The maximum atomic E-state index is 3.43. The van der Waals surface area contributed by atoms with Crippen molar-refractivity contribution in [1.82, 2.24) is 4.90 Å². The third kappa shape index (κ3) is 3.74. The molecule has 0 aliphatic carbocycles. The van der Waals surface area contributed by atoms with Crippen molar-refractivity contribution >= 4 is 11.4 Å². The van der Waals surface area contributed by atoms with E-state index in [-0.39, 0.29) is 0 Å². The third-order valence-corrected chi connectivity index (χ3v) is 2.58. The van der Waals surface area contributed by atoms with E-state index in [1.165, 1.54) is 16.9 Å². The normalized spacial score (nSPS) is 10.6. The summed E-state index contributed by atoms with van der Waals surface area (Å²) in [5, 5.41) is 3.43. The van der Waals surface area contributed by atoms with Crippen molar-refractivity contribution in [3.63, 3.8) is 0 Å². The minimum atomic E-state index is 0.975. The molecule has 0 amide bonds. The Kier molecular flexibility index (Phi) is 4.62. The fourth-order valence-electron chi connectivity index (χ4n) is 1.63. The lowest BCUT2D eigenvalue weighted by atomic mass is 10.1. The van der Waals surface area contributed by atoms with E-state index in [1.54, 1.807) is 0 Å². The van der Waals surface area contributed by atoms with Crippen molar-refractivity contribution < 1.29 is 0 Å². The molecule has 0 fully saturated rings. The van der Waals surface area contributed by atoms with Gasteiger partial charge in [-0.2, -0.15) is 0 Å². The summed E-state index contributed by atoms with van der Waals surface area (Å²) < 4.78 is 0. The molecule has 3 nitrogen and oxygen atoms in total. The maximum absolute atomic E-state index is 3.43. The molecule has 1 aromatic rings. The van der Waals surface area contributed by atoms with E-state index in [2.05, 4.69) is 68.4 Å². The van der Waals surface area contributed by atoms with E-state index in [1.807, 2.05) is 0 Å². The fraction of sp³-hybridized carbons (Fsp3) is 0.538. The summed E-state index contributed by atoms with van der Waals surface area (Å²) in [5.41, 5.74) is 3.77. The van der Waals surface area contributed by atoms with Gasteiger partial charge in [0.05, 0.1) is 0 Å². The third-order valence-electron chi connectivity index (χ3n) is 2.58. The molecule has 90 valence electrons. The number of nitrogens with zero attached hydrogens (tertiary/aromatic N) is 2. The number of anilines is 2. The first-order valence-corrected chi connectivity index (χ1v) is 5.67. The van der Waals surface area contributed by atoms with Crippen LogP contribution in [-0.4, -0.2) is 46.2 Å². The zero-order chi connectivity index (χ0) is 12.1. The Morgan fingerprint density at radius 1 is 1.12 bits per heavy atom. The Bertz CT molecular complexity index is 332. The average molecular weight is 221 g/mol. The summed E-state index contributed by atoms with van der Waals surface area (Å²) in [6.45, 7) is 4.16. The molecule has 0 aliphatic rings. The zero-order valence-electron chi connectivity index (χ0n) is 11.0. The van der Waals surface area contributed by atoms with Gasteiger partial charge in [-0.1, -0.05) is 6.07 Å². The van der Waals surface area contributed by atoms with E-state index >= 15 is 0 Å². The van der Waals surface area contributed by atoms with Crippen LogP contribution < -0.4 is 10.2 Å². The van der Waals surface area contributed by atoms with Crippen LogP contribution in [0, 0.1) is 6.92 Å². The predicted octanol–water partition coefficient (Wildman–Crippen LogP) is 2.03. The molecule has 0 saturated heterocycles. The summed E-state index contributed by atoms with van der Waals surface area (Å²) in [6.07, 6.45) is 0. The summed E-state index contributed by atoms with van der Waals surface area (Å²) in [6, 6.07) is 6.50. The Morgan fingerprint density at radius 2 is 1.81 bits per heavy atom. The van der Waals surface area contributed by atoms with Crippen molar-refractivity contribution in [2.75, 3.05) is 51.5 Å². The molecule has 0 spiro atoms. The van der Waals surface area contributed by atoms with Crippen LogP contribution in [0.15, 0.2) is 18.2 Å². The topological polar surface area (TPSA) is 18.5 Å². The van der Waals surface area contributed by atoms with Crippen LogP contribution >= 0.6 is 0 Å². The van der Waals surface area contributed by atoms with E-state index in [4.69, 9.17) is 0 Å². The summed E-state index contributed by atoms with van der Waals surface area (Å²) >= 11 is 0. The molecule has 0 unspecified atom stereocenters. The lowest BCUT2D eigenvalue weighted by Crippen LogP contribution is -2.21. The standard InChI is InChI=1S/C13H23N3/c1-11-6-7-12(10-13(11)16(4)5)14-8-9-15(2)3/h6-7,10,14H,8-9H2,1-5H3. The second-order valence-electron chi connectivity index (χ2n) is 4.63. The Morgan fingerprint density at radius 3 is 2.38 bits per heavy atom. The highest BCUT2D eigenvalue weighted by atomic mass is 15.1. The van der Waals surface area contributed by atoms with Crippen LogP contribution in [0.3, 0.4) is 0 Å². The molecular weight excluding hydrogens is 198 g/mol. The molecule has 0 atom stereocenters. The van der Waals surface area contributed by atoms with Gasteiger partial charge in [0.2, 0.25) is 0 Å². The molecule has 0 aromatic heterocycles. The molecule has 1 rings (SSSR count). The van der Waals surface area contributed by atoms with E-state index in [0.29, 0.717) is 0 Å². The summed E-state index contributed by atoms with van der Waals surface area (Å²) in [4.78, 5) is 4.32. The number of rotatable bonds is 5. The van der Waals surface area contributed by atoms with Crippen molar-refractivity contribution in [2.45, 2.75) is 6.92 Å². The van der Waals surface area contributed by atoms with Crippen LogP contribution in [0.2, 0.25) is 0 Å². The number of likely N-dealkylation sites (N-methyl/N-ethyl adjacent to an activating group) is 1. The maximum Gasteiger partial charge on any atom is 0.0411 e. The van der Waals surface area contributed by atoms with Gasteiger partial charge < -0.3 is 15.1 Å². The molecule has 0 saturated carbocycles. The zero-order valence-corrected chi connectivity index (χ0v) is 11.0. The fourth-order valence-corrected chi connectivity index (χ4v) is 1.63. The minimum Gasteiger partial charge on any atom is -0.384 e. The van der Waals surface area contributed by atoms with Gasteiger partial charge in [0.1, 0.15) is 0 Å². The van der Waals surface area contributed by atoms with E-state index in [0.717, 1.165) is 13.1 Å². The SMILES string of the molecule is Cc1ccc(NCCN(C)C)cc1N(C)C. The van der Waals surface area contributed by atoms with Gasteiger partial charge >= 0.3 is 0 Å². The second kappa shape index (κ2) is 5.75. The van der Waals surface area contributed by atoms with Crippen molar-refractivity contribution in [3.8, 4) is 0 Å². The molecule has 1 aromatic carbocycles. The van der Waals surface area contributed by atoms with Crippen LogP contribution in [0.4, 0.5) is 11.4 Å². The number of hydrogen-bond acceptors (Lipinski definition) is 3. The van der Waals surface area contributed by atoms with E-state index in [9.17, 15) is 0 Å². The van der Waals surface area contributed by atoms with Crippen LogP contribution in [0.5, 0.6) is 0 Å². The Labute approximate surface area is 99.1 Å². The van der Waals surface area contributed by atoms with Gasteiger partial charge in [-0.05, 0) is 38.7 Å². The highest BCUT2D eigenvalue weighted by Gasteiger charge is 2.01. The van der Waals surface area contributed by atoms with Crippen molar-refractivity contribution in [2.24, 2.45) is 0 Å². The first-order valence-electron chi connectivity index (χ1n) is 5.67. The van der Waals surface area contributed by atoms with Gasteiger partial charge in [-0.25, -0.2) is 0 Å². The molecule has 1 N–H and O–H groups in total. The largest absolute Gasteiger partial charge is 0.384 e. The second-order valence-corrected chi connectivity index (χ2v) is 4.63. The van der Waals surface area contributed by atoms with Gasteiger partial charge in [-0.15, -0.1) is 0 Å². The molecule has 3 heteroatoms. The minimum absolute atomic E-state index is 0.975. The number of benzene rings is 1. The highest BCUT2D eigenvalue weighted by Crippen LogP contribution is 2.22. The molecular formula is C13H23N3. The average Bonchev–Trinajstić information content (AvgIpc) is 2.19. The Balaban J connectivity index is 2.64. The van der Waals surface area contributed by atoms with Crippen molar-refractivity contribution in [1.29, 1.82) is 0 Å². The molecule has 0 heterocycles. The lowest BCUT2D eigenvalue weighted by molar-refractivity contribution is 0.425. The Hall–Kier alpha value is -1.22. The number of hydrogen-bond donors (Lipinski definition) is 1. The number of nitrogens with one attached hydrogen (secondary N) is 1. The highest BCUT2D eigenvalue weighted by molar-refractivity contribution is 5.61. The number of aryl methyl sites for hydroxylation is 1. The van der Waals surface area contributed by atoms with Gasteiger partial charge in [-0.3, -0.25) is 0 Å². The predicted molar refractivity (Wildman–Crippen MR) is 72.5 cm³/mol. The van der Waals surface area contributed by atoms with Crippen molar-refractivity contribution in [3.05, 3.63) is 23.8 Å². The molecule has 0 bridgehead atoms. The smallest absolute Gasteiger partial charge is 0.0411 e. The van der Waals surface area contributed by atoms with Gasteiger partial charge in [0, 0.05) is 38.6 Å². The van der Waals surface area contributed by atoms with Crippen LogP contribution in [0.25, 0.3) is 0 Å².